The van der Waals surface area contributed by atoms with Crippen LogP contribution in [-0.2, 0) is 53.2 Å². The van der Waals surface area contributed by atoms with Gasteiger partial charge in [-0.25, -0.2) is 47.3 Å². The van der Waals surface area contributed by atoms with E-state index in [1.807, 2.05) is 12.1 Å². The molecule has 3 fully saturated rings. The summed E-state index contributed by atoms with van der Waals surface area (Å²) in [5.74, 6) is -1.25. The van der Waals surface area contributed by atoms with Gasteiger partial charge in [-0.15, -0.1) is 0 Å². The number of ether oxygens (including phenoxy) is 2. The van der Waals surface area contributed by atoms with Crippen molar-refractivity contribution < 1.29 is 59.8 Å². The number of anilines is 1. The number of aliphatic imine (C=N–C) groups is 1. The molecule has 1 N–H and O–H groups in total. The number of nitriles is 2. The molecule has 348 valence electrons. The Bertz CT molecular complexity index is 2650. The molecule has 3 saturated heterocycles. The Morgan fingerprint density at radius 1 is 1.00 bits per heavy atom. The minimum atomic E-state index is -4.08. The predicted octanol–water partition coefficient (Wildman–Crippen LogP) is 4.67. The Morgan fingerprint density at radius 3 is 2.44 bits per heavy atom. The number of imidazole rings is 2. The molecule has 3 aromatic heterocycles. The van der Waals surface area contributed by atoms with Gasteiger partial charge in [0.1, 0.15) is 43.6 Å². The summed E-state index contributed by atoms with van der Waals surface area (Å²) in [6.07, 6.45) is -9.40. The number of halogens is 2. The van der Waals surface area contributed by atoms with Crippen LogP contribution in [0, 0.1) is 28.6 Å². The van der Waals surface area contributed by atoms with Crippen molar-refractivity contribution in [2.45, 2.75) is 88.7 Å². The zero-order chi connectivity index (χ0) is 46.8. The lowest BCUT2D eigenvalue weighted by atomic mass is 9.98. The second-order valence-corrected chi connectivity index (χ2v) is 19.3. The van der Waals surface area contributed by atoms with Gasteiger partial charge in [0, 0.05) is 23.6 Å². The van der Waals surface area contributed by atoms with E-state index in [0.717, 1.165) is 0 Å². The van der Waals surface area contributed by atoms with Crippen LogP contribution >= 0.6 is 14.5 Å². The highest BCUT2D eigenvalue weighted by Crippen LogP contribution is 2.62. The number of Topliss-reactive ketones (excluding diaryl/α,β-unsaturated/α-hetero) is 2. The lowest BCUT2D eigenvalue weighted by Gasteiger charge is -2.33. The number of alkyl halides is 2. The maximum atomic E-state index is 17.2. The Hall–Kier alpha value is -4.88. The van der Waals surface area contributed by atoms with Crippen molar-refractivity contribution >= 4 is 79.9 Å². The highest BCUT2D eigenvalue weighted by atomic mass is 32.5. The van der Waals surface area contributed by atoms with Crippen LogP contribution in [0.3, 0.4) is 0 Å². The highest BCUT2D eigenvalue weighted by molar-refractivity contribution is 8.07. The highest BCUT2D eigenvalue weighted by Gasteiger charge is 2.56. The van der Waals surface area contributed by atoms with Crippen LogP contribution < -0.4 is 5.32 Å². The van der Waals surface area contributed by atoms with E-state index in [0.29, 0.717) is 11.3 Å². The van der Waals surface area contributed by atoms with Crippen LogP contribution in [-0.4, -0.2) is 123 Å². The third kappa shape index (κ3) is 10.0. The van der Waals surface area contributed by atoms with Gasteiger partial charge in [0.15, 0.2) is 65.2 Å². The Labute approximate surface area is 382 Å². The molecule has 3 unspecified atom stereocenters. The minimum absolute atomic E-state index is 0.00302. The molecule has 0 spiro atoms. The summed E-state index contributed by atoms with van der Waals surface area (Å²) >= 11 is 5.83. The number of amides is 1. The van der Waals surface area contributed by atoms with Gasteiger partial charge in [-0.05, 0) is 23.9 Å². The predicted molar refractivity (Wildman–Crippen MR) is 235 cm³/mol. The number of hydrogen-bond acceptors (Lipinski definition) is 19. The molecule has 0 saturated carbocycles. The van der Waals surface area contributed by atoms with Crippen LogP contribution in [0.1, 0.15) is 72.8 Å². The minimum Gasteiger partial charge on any atom is -0.346 e. The first kappa shape index (κ1) is 47.6. The molecule has 4 aliphatic heterocycles. The second kappa shape index (κ2) is 20.2. The third-order valence-corrected chi connectivity index (χ3v) is 14.0. The van der Waals surface area contributed by atoms with Crippen LogP contribution in [0.2, 0.25) is 0 Å². The molecule has 0 bridgehead atoms. The van der Waals surface area contributed by atoms with Crippen LogP contribution in [0.5, 0.6) is 0 Å². The molecule has 0 aliphatic carbocycles. The Morgan fingerprint density at radius 2 is 1.70 bits per heavy atom. The normalized spacial score (nSPS) is 30.0. The number of ketones is 2. The summed E-state index contributed by atoms with van der Waals surface area (Å²) in [5.41, 5.74) is 0.856. The average molecular weight is 971 g/mol. The van der Waals surface area contributed by atoms with Crippen LogP contribution in [0.15, 0.2) is 54.3 Å². The van der Waals surface area contributed by atoms with Crippen molar-refractivity contribution in [3.8, 4) is 12.1 Å². The van der Waals surface area contributed by atoms with E-state index in [1.54, 1.807) is 44.2 Å². The lowest BCUT2D eigenvalue weighted by Crippen LogP contribution is -2.38. The molecule has 21 nitrogen and oxygen atoms in total. The maximum absolute atomic E-state index is 17.2. The topological polar surface area (TPSA) is 258 Å². The first-order valence-corrected chi connectivity index (χ1v) is 23.9. The van der Waals surface area contributed by atoms with Crippen LogP contribution in [0.25, 0.3) is 11.2 Å². The van der Waals surface area contributed by atoms with Crippen molar-refractivity contribution in [2.75, 3.05) is 31.7 Å². The molecule has 66 heavy (non-hydrogen) atoms. The van der Waals surface area contributed by atoms with Crippen molar-refractivity contribution in [3.05, 3.63) is 60.6 Å². The molecule has 4 aromatic rings. The molecular weight excluding hydrogens is 927 g/mol. The summed E-state index contributed by atoms with van der Waals surface area (Å²) < 4.78 is 86.8. The van der Waals surface area contributed by atoms with Gasteiger partial charge in [0.25, 0.3) is 5.91 Å². The van der Waals surface area contributed by atoms with Crippen molar-refractivity contribution in [2.24, 2.45) is 10.9 Å². The van der Waals surface area contributed by atoms with E-state index in [-0.39, 0.29) is 79.1 Å². The summed E-state index contributed by atoms with van der Waals surface area (Å²) in [6.45, 7) is -2.00. The fourth-order valence-electron chi connectivity index (χ4n) is 7.18. The number of fused-ring (bicyclic) bond motifs is 4. The number of hydrogen-bond donors (Lipinski definition) is 1. The Kier molecular flexibility index (Phi) is 14.5. The standard InChI is InChI=1S/C39H43BF2N10O11P2S/c1-21(2)24(53)14-23-15-25(54)30-36(49-23)52(19-47-30)39-28(41)32-27(61-39)17-59-65(66,57-13-7-11-44)63-33-26(16-58-64(40,62-32)56-12-6-10-43)60-38(29(33)42)51-20-48-31-34(45-18-46-35(31)51)50-37(55)22-8-4-3-5-9-22/h3-5,8-9,18-21,26-29,32-33,38-39H,6-7,12-17H2,1-2,40H3,(H,45,46,50,55)/t26?,27-,28-,29-,32-,33-,38-,39-,64?,65?/m1/s1. The van der Waals surface area contributed by atoms with E-state index in [9.17, 15) is 24.9 Å². The van der Waals surface area contributed by atoms with Gasteiger partial charge in [-0.2, -0.15) is 10.5 Å². The van der Waals surface area contributed by atoms with Crippen molar-refractivity contribution in [1.82, 2.24) is 29.1 Å². The molecular formula is C39H43BF2N10O11P2S. The zero-order valence-corrected chi connectivity index (χ0v) is 37.2. The molecule has 4 aliphatic rings. The lowest BCUT2D eigenvalue weighted by molar-refractivity contribution is -0.120. The molecule has 0 radical (unpaired) electrons. The summed E-state index contributed by atoms with van der Waals surface area (Å²) in [4.78, 5) is 60.4. The fourth-order valence-corrected chi connectivity index (χ4v) is 10.4. The number of nitrogens with zero attached hydrogens (tertiary/aromatic N) is 9. The van der Waals surface area contributed by atoms with E-state index >= 15 is 8.78 Å². The van der Waals surface area contributed by atoms with Crippen molar-refractivity contribution in [3.63, 3.8) is 0 Å². The summed E-state index contributed by atoms with van der Waals surface area (Å²) in [7, 11) is -4.63. The second-order valence-electron chi connectivity index (χ2n) is 15.2. The quantitative estimate of drug-likeness (QED) is 0.108. The maximum Gasteiger partial charge on any atom is 0.327 e. The summed E-state index contributed by atoms with van der Waals surface area (Å²) in [5, 5.41) is 21.4. The first-order chi connectivity index (χ1) is 31.7. The largest absolute Gasteiger partial charge is 0.346 e. The van der Waals surface area contributed by atoms with Gasteiger partial charge in [-0.3, -0.25) is 28.0 Å². The average Bonchev–Trinajstić information content (AvgIpc) is 4.07. The molecule has 1 amide bonds. The molecule has 8 rings (SSSR count). The van der Waals surface area contributed by atoms with E-state index in [4.69, 9.17) is 48.4 Å². The number of aromatic nitrogens is 6. The molecule has 7 heterocycles. The summed E-state index contributed by atoms with van der Waals surface area (Å²) in [6, 6.07) is 12.4. The molecule has 27 heteroatoms. The van der Waals surface area contributed by atoms with Gasteiger partial charge < -0.3 is 23.8 Å². The monoisotopic (exact) mass is 970 g/mol. The fraction of sp³-hybridized carbons (Fsp3) is 0.487. The molecule has 10 atom stereocenters. The van der Waals surface area contributed by atoms with Gasteiger partial charge >= 0.3 is 6.72 Å². The number of benzene rings is 1. The number of carbonyl (C=O) groups excluding carboxylic acids is 3. The van der Waals surface area contributed by atoms with Crippen LogP contribution in [0.4, 0.5) is 20.4 Å². The Balaban J connectivity index is 1.10. The van der Waals surface area contributed by atoms with Gasteiger partial charge in [0.2, 0.25) is 15.4 Å². The van der Waals surface area contributed by atoms with Gasteiger partial charge in [0.05, 0.1) is 57.3 Å². The van der Waals surface area contributed by atoms with Gasteiger partial charge in [-0.1, -0.05) is 32.0 Å². The molecule has 1 aromatic carbocycles. The van der Waals surface area contributed by atoms with E-state index in [2.05, 4.69) is 30.2 Å². The number of rotatable bonds is 13. The van der Waals surface area contributed by atoms with Crippen molar-refractivity contribution in [1.29, 1.82) is 10.5 Å². The smallest absolute Gasteiger partial charge is 0.327 e. The van der Waals surface area contributed by atoms with E-state index < -0.39 is 96.2 Å². The third-order valence-electron chi connectivity index (χ3n) is 10.5. The number of carbonyl (C=O) groups is 3. The first-order valence-electron chi connectivity index (χ1n) is 20.2. The van der Waals surface area contributed by atoms with E-state index in [1.165, 1.54) is 28.1 Å². The number of nitrogens with one attached hydrogen (secondary N) is 1. The zero-order valence-electron chi connectivity index (χ0n) is 34.5. The SMILES string of the molecule is [BH3-][P+]1(OCCC#N)OCC2O[C@@H](n3cnc4c(NC(=O)c5ccccc5)ncnc43)[C@H](F)[C@@H]2OP(=S)(OCCC#N)OC[C@H]2O[C@@H](n3cnc4c3N=C(CC(=O)C(C)C)CC4=O)[C@H](F)[C@@H]2O1.